The third-order valence-corrected chi connectivity index (χ3v) is 4.91. The highest BCUT2D eigenvalue weighted by Gasteiger charge is 2.37. The number of ether oxygens (including phenoxy) is 2. The summed E-state index contributed by atoms with van der Waals surface area (Å²) in [5, 5.41) is 0. The molecule has 2 atom stereocenters. The fourth-order valence-corrected chi connectivity index (χ4v) is 3.53. The zero-order chi connectivity index (χ0) is 17.4. The van der Waals surface area contributed by atoms with E-state index in [4.69, 9.17) is 9.47 Å². The molecule has 0 radical (unpaired) electrons. The summed E-state index contributed by atoms with van der Waals surface area (Å²) in [5.74, 6) is 2.63. The molecule has 0 spiro atoms. The Balaban J connectivity index is 1.88. The zero-order valence-corrected chi connectivity index (χ0v) is 15.1. The molecule has 24 heavy (non-hydrogen) atoms. The highest BCUT2D eigenvalue weighted by Crippen LogP contribution is 2.38. The standard InChI is InChI=1S/C21H30O3/c1-4-5-6-7-8-9-17-10-15-20(22)21(17)16(2)24-19-13-11-18(23-3)12-14-19/h11-14,17,21H,2,4-10,15H2,1,3H3/t17-,21+/m1/s1. The van der Waals surface area contributed by atoms with Gasteiger partial charge in [-0.1, -0.05) is 45.6 Å². The third-order valence-electron chi connectivity index (χ3n) is 4.91. The van der Waals surface area contributed by atoms with E-state index in [1.54, 1.807) is 7.11 Å². The van der Waals surface area contributed by atoms with Gasteiger partial charge in [-0.25, -0.2) is 0 Å². The van der Waals surface area contributed by atoms with Crippen LogP contribution in [0.5, 0.6) is 11.5 Å². The van der Waals surface area contributed by atoms with Crippen molar-refractivity contribution in [1.29, 1.82) is 0 Å². The summed E-state index contributed by atoms with van der Waals surface area (Å²) in [6, 6.07) is 7.40. The van der Waals surface area contributed by atoms with Crippen molar-refractivity contribution in [2.24, 2.45) is 11.8 Å². The molecule has 0 bridgehead atoms. The van der Waals surface area contributed by atoms with Crippen molar-refractivity contribution in [3.8, 4) is 11.5 Å². The maximum atomic E-state index is 12.3. The molecule has 2 rings (SSSR count). The van der Waals surface area contributed by atoms with Gasteiger partial charge in [0.15, 0.2) is 0 Å². The molecular weight excluding hydrogens is 300 g/mol. The third kappa shape index (κ3) is 5.12. The molecule has 1 aromatic carbocycles. The number of hydrogen-bond acceptors (Lipinski definition) is 3. The van der Waals surface area contributed by atoms with E-state index in [0.29, 0.717) is 23.8 Å². The van der Waals surface area contributed by atoms with Crippen molar-refractivity contribution in [2.45, 2.75) is 58.3 Å². The second kappa shape index (κ2) is 9.51. The summed E-state index contributed by atoms with van der Waals surface area (Å²) in [4.78, 5) is 12.3. The fraction of sp³-hybridized carbons (Fsp3) is 0.571. The summed E-state index contributed by atoms with van der Waals surface area (Å²) in [6.45, 7) is 6.29. The predicted molar refractivity (Wildman–Crippen MR) is 97.4 cm³/mol. The van der Waals surface area contributed by atoms with Gasteiger partial charge in [0.05, 0.1) is 13.0 Å². The van der Waals surface area contributed by atoms with Crippen molar-refractivity contribution in [1.82, 2.24) is 0 Å². The minimum absolute atomic E-state index is 0.140. The van der Waals surface area contributed by atoms with Crippen LogP contribution in [0.4, 0.5) is 0 Å². The first-order chi connectivity index (χ1) is 11.7. The van der Waals surface area contributed by atoms with E-state index in [2.05, 4.69) is 13.5 Å². The molecule has 1 aliphatic carbocycles. The lowest BCUT2D eigenvalue weighted by molar-refractivity contribution is -0.120. The lowest BCUT2D eigenvalue weighted by atomic mass is 9.89. The molecule has 0 saturated heterocycles. The van der Waals surface area contributed by atoms with E-state index in [0.717, 1.165) is 18.6 Å². The molecular formula is C21H30O3. The molecule has 0 amide bonds. The Hall–Kier alpha value is -1.77. The molecule has 0 aromatic heterocycles. The Kier molecular flexibility index (Phi) is 7.36. The molecule has 1 saturated carbocycles. The fourth-order valence-electron chi connectivity index (χ4n) is 3.53. The van der Waals surface area contributed by atoms with E-state index >= 15 is 0 Å². The first-order valence-corrected chi connectivity index (χ1v) is 9.19. The molecule has 3 nitrogen and oxygen atoms in total. The number of ketones is 1. The van der Waals surface area contributed by atoms with Gasteiger partial charge in [0.25, 0.3) is 0 Å². The number of allylic oxidation sites excluding steroid dienone is 1. The van der Waals surface area contributed by atoms with Crippen molar-refractivity contribution in [3.63, 3.8) is 0 Å². The quantitative estimate of drug-likeness (QED) is 0.417. The first-order valence-electron chi connectivity index (χ1n) is 9.19. The highest BCUT2D eigenvalue weighted by atomic mass is 16.5. The van der Waals surface area contributed by atoms with Crippen molar-refractivity contribution >= 4 is 5.78 Å². The number of rotatable bonds is 10. The topological polar surface area (TPSA) is 35.5 Å². The lowest BCUT2D eigenvalue weighted by Gasteiger charge is -2.21. The van der Waals surface area contributed by atoms with Crippen LogP contribution in [0.3, 0.4) is 0 Å². The highest BCUT2D eigenvalue weighted by molar-refractivity contribution is 5.85. The van der Waals surface area contributed by atoms with E-state index in [1.165, 1.54) is 32.1 Å². The van der Waals surface area contributed by atoms with Crippen LogP contribution in [0.15, 0.2) is 36.6 Å². The predicted octanol–water partition coefficient (Wildman–Crippen LogP) is 5.54. The molecule has 0 aliphatic heterocycles. The van der Waals surface area contributed by atoms with Gasteiger partial charge in [-0.3, -0.25) is 4.79 Å². The summed E-state index contributed by atoms with van der Waals surface area (Å²) >= 11 is 0. The number of methoxy groups -OCH3 is 1. The van der Waals surface area contributed by atoms with Crippen LogP contribution in [0.1, 0.15) is 58.3 Å². The van der Waals surface area contributed by atoms with Gasteiger partial charge in [-0.15, -0.1) is 0 Å². The van der Waals surface area contributed by atoms with Crippen molar-refractivity contribution in [3.05, 3.63) is 36.6 Å². The first kappa shape index (κ1) is 18.6. The van der Waals surface area contributed by atoms with Crippen LogP contribution in [0, 0.1) is 11.8 Å². The summed E-state index contributed by atoms with van der Waals surface area (Å²) in [5.41, 5.74) is 0. The maximum Gasteiger partial charge on any atom is 0.143 e. The molecule has 0 heterocycles. The number of hydrogen-bond donors (Lipinski definition) is 0. The monoisotopic (exact) mass is 330 g/mol. The number of carbonyl (C=O) groups excluding carboxylic acids is 1. The Bertz CT molecular complexity index is 533. The molecule has 0 N–H and O–H groups in total. The summed E-state index contributed by atoms with van der Waals surface area (Å²) in [7, 11) is 1.64. The number of Topliss-reactive ketones (excluding diaryl/α,β-unsaturated/α-hetero) is 1. The van der Waals surface area contributed by atoms with Crippen LogP contribution < -0.4 is 9.47 Å². The number of unbranched alkanes of at least 4 members (excludes halogenated alkanes) is 4. The van der Waals surface area contributed by atoms with Crippen molar-refractivity contribution < 1.29 is 14.3 Å². The van der Waals surface area contributed by atoms with Gasteiger partial charge in [-0.05, 0) is 43.0 Å². The second-order valence-electron chi connectivity index (χ2n) is 6.69. The molecule has 1 fully saturated rings. The average molecular weight is 330 g/mol. The Labute approximate surface area is 146 Å². The van der Waals surface area contributed by atoms with Gasteiger partial charge in [-0.2, -0.15) is 0 Å². The normalized spacial score (nSPS) is 20.2. The number of carbonyl (C=O) groups is 1. The SMILES string of the molecule is C=C(Oc1ccc(OC)cc1)[C@@H]1C(=O)CC[C@H]1CCCCCCC. The van der Waals surface area contributed by atoms with Gasteiger partial charge >= 0.3 is 0 Å². The Morgan fingerprint density at radius 3 is 2.46 bits per heavy atom. The largest absolute Gasteiger partial charge is 0.497 e. The van der Waals surface area contributed by atoms with E-state index in [1.807, 2.05) is 24.3 Å². The van der Waals surface area contributed by atoms with Gasteiger partial charge in [0.1, 0.15) is 23.0 Å². The van der Waals surface area contributed by atoms with Crippen LogP contribution in [0.2, 0.25) is 0 Å². The second-order valence-corrected chi connectivity index (χ2v) is 6.69. The van der Waals surface area contributed by atoms with Crippen LogP contribution in [0.25, 0.3) is 0 Å². The minimum atomic E-state index is -0.140. The average Bonchev–Trinajstić information content (AvgIpc) is 2.96. The summed E-state index contributed by atoms with van der Waals surface area (Å²) in [6.07, 6.45) is 9.06. The summed E-state index contributed by atoms with van der Waals surface area (Å²) < 4.78 is 11.0. The van der Waals surface area contributed by atoms with E-state index < -0.39 is 0 Å². The van der Waals surface area contributed by atoms with Gasteiger partial charge in [0, 0.05) is 6.42 Å². The number of benzene rings is 1. The molecule has 0 unspecified atom stereocenters. The van der Waals surface area contributed by atoms with E-state index in [-0.39, 0.29) is 11.7 Å². The minimum Gasteiger partial charge on any atom is -0.497 e. The van der Waals surface area contributed by atoms with Gasteiger partial charge < -0.3 is 9.47 Å². The Morgan fingerprint density at radius 2 is 1.79 bits per heavy atom. The molecule has 1 aromatic rings. The maximum absolute atomic E-state index is 12.3. The molecule has 132 valence electrons. The Morgan fingerprint density at radius 1 is 1.12 bits per heavy atom. The van der Waals surface area contributed by atoms with Crippen LogP contribution in [-0.4, -0.2) is 12.9 Å². The van der Waals surface area contributed by atoms with Crippen LogP contribution in [-0.2, 0) is 4.79 Å². The molecule has 1 aliphatic rings. The zero-order valence-electron chi connectivity index (χ0n) is 15.1. The smallest absolute Gasteiger partial charge is 0.143 e. The van der Waals surface area contributed by atoms with Crippen LogP contribution >= 0.6 is 0 Å². The van der Waals surface area contributed by atoms with Crippen molar-refractivity contribution in [2.75, 3.05) is 7.11 Å². The lowest BCUT2D eigenvalue weighted by Crippen LogP contribution is -2.20. The molecule has 3 heteroatoms. The van der Waals surface area contributed by atoms with Gasteiger partial charge in [0.2, 0.25) is 0 Å². The van der Waals surface area contributed by atoms with E-state index in [9.17, 15) is 4.79 Å².